The Morgan fingerprint density at radius 1 is 1.39 bits per heavy atom. The molecular weight excluding hydrogens is 292 g/mol. The Labute approximate surface area is 135 Å². The van der Waals surface area contributed by atoms with Crippen LogP contribution < -0.4 is 4.90 Å². The molecule has 0 radical (unpaired) electrons. The van der Waals surface area contributed by atoms with E-state index in [9.17, 15) is 9.59 Å². The van der Waals surface area contributed by atoms with E-state index >= 15 is 0 Å². The monoisotopic (exact) mass is 314 g/mol. The van der Waals surface area contributed by atoms with Crippen LogP contribution in [0, 0.1) is 5.41 Å². The van der Waals surface area contributed by atoms with Gasteiger partial charge >= 0.3 is 0 Å². The first-order valence-electron chi connectivity index (χ1n) is 8.02. The fourth-order valence-electron chi connectivity index (χ4n) is 2.98. The van der Waals surface area contributed by atoms with Gasteiger partial charge in [0.1, 0.15) is 17.6 Å². The quantitative estimate of drug-likeness (QED) is 0.696. The predicted molar refractivity (Wildman–Crippen MR) is 88.7 cm³/mol. The van der Waals surface area contributed by atoms with Crippen molar-refractivity contribution in [2.24, 2.45) is 5.41 Å². The number of rotatable bonds is 3. The lowest BCUT2D eigenvalue weighted by Crippen LogP contribution is -2.41. The Kier molecular flexibility index (Phi) is 3.92. The molecule has 0 amide bonds. The van der Waals surface area contributed by atoms with Gasteiger partial charge in [-0.2, -0.15) is 0 Å². The number of carbonyl (C=O) groups excluding carboxylic acids is 2. The summed E-state index contributed by atoms with van der Waals surface area (Å²) in [6, 6.07) is -0.156. The Morgan fingerprint density at radius 2 is 2.17 bits per heavy atom. The van der Waals surface area contributed by atoms with E-state index in [1.165, 1.54) is 0 Å². The Morgan fingerprint density at radius 3 is 2.87 bits per heavy atom. The maximum atomic E-state index is 12.6. The molecule has 0 spiro atoms. The number of hydrogen-bond acceptors (Lipinski definition) is 5. The molecule has 3 rings (SSSR count). The molecule has 1 saturated heterocycles. The predicted octanol–water partition coefficient (Wildman–Crippen LogP) is 2.74. The first-order chi connectivity index (χ1) is 10.9. The lowest BCUT2D eigenvalue weighted by molar-refractivity contribution is -0.109. The fourth-order valence-corrected chi connectivity index (χ4v) is 2.98. The van der Waals surface area contributed by atoms with Crippen molar-refractivity contribution in [3.05, 3.63) is 18.0 Å². The highest BCUT2D eigenvalue weighted by atomic mass is 16.1. The first-order valence-corrected chi connectivity index (χ1v) is 8.02. The molecule has 1 fully saturated rings. The van der Waals surface area contributed by atoms with Crippen molar-refractivity contribution in [1.82, 2.24) is 15.0 Å². The van der Waals surface area contributed by atoms with E-state index in [-0.39, 0.29) is 11.8 Å². The standard InChI is InChI=1S/C17H22N4O2/c1-17(2,3)15(23)12-8-18-16-14(12)20-13(9-19-16)21-7-5-4-6-11(21)10-22/h8-11H,4-7H2,1-3H3,(H,18,19). The Bertz CT molecular complexity index is 745. The Balaban J connectivity index is 2.04. The van der Waals surface area contributed by atoms with Crippen LogP contribution in [0.3, 0.4) is 0 Å². The van der Waals surface area contributed by atoms with Crippen LogP contribution in [0.2, 0.25) is 0 Å². The first kappa shape index (κ1) is 15.6. The molecule has 1 aliphatic heterocycles. The van der Waals surface area contributed by atoms with Gasteiger partial charge in [-0.05, 0) is 19.3 Å². The number of nitrogens with one attached hydrogen (secondary N) is 1. The van der Waals surface area contributed by atoms with Crippen LogP contribution in [0.4, 0.5) is 5.82 Å². The van der Waals surface area contributed by atoms with Crippen molar-refractivity contribution in [3.63, 3.8) is 0 Å². The number of ketones is 1. The van der Waals surface area contributed by atoms with Gasteiger partial charge in [-0.15, -0.1) is 0 Å². The van der Waals surface area contributed by atoms with Gasteiger partial charge in [-0.25, -0.2) is 9.97 Å². The lowest BCUT2D eigenvalue weighted by Gasteiger charge is -2.33. The molecular formula is C17H22N4O2. The number of fused-ring (bicyclic) bond motifs is 1. The van der Waals surface area contributed by atoms with Gasteiger partial charge in [0.15, 0.2) is 11.4 Å². The van der Waals surface area contributed by atoms with Crippen LogP contribution in [-0.4, -0.2) is 39.6 Å². The number of Topliss-reactive ketones (excluding diaryl/α,β-unsaturated/α-hetero) is 1. The highest BCUT2D eigenvalue weighted by Crippen LogP contribution is 2.28. The smallest absolute Gasteiger partial charge is 0.171 e. The maximum absolute atomic E-state index is 12.6. The fraction of sp³-hybridized carbons (Fsp3) is 0.529. The molecule has 3 heterocycles. The number of H-pyrrole nitrogens is 1. The second-order valence-electron chi connectivity index (χ2n) is 7.10. The van der Waals surface area contributed by atoms with E-state index in [0.29, 0.717) is 22.5 Å². The molecule has 6 heteroatoms. The van der Waals surface area contributed by atoms with E-state index in [2.05, 4.69) is 15.0 Å². The van der Waals surface area contributed by atoms with E-state index in [1.54, 1.807) is 12.4 Å². The number of aldehydes is 1. The zero-order valence-electron chi connectivity index (χ0n) is 13.8. The molecule has 1 atom stereocenters. The second-order valence-corrected chi connectivity index (χ2v) is 7.10. The third-order valence-corrected chi connectivity index (χ3v) is 4.29. The number of hydrogen-bond donors (Lipinski definition) is 1. The van der Waals surface area contributed by atoms with Crippen LogP contribution in [0.1, 0.15) is 50.4 Å². The summed E-state index contributed by atoms with van der Waals surface area (Å²) in [6.45, 7) is 6.45. The minimum absolute atomic E-state index is 0.0285. The van der Waals surface area contributed by atoms with Crippen molar-refractivity contribution in [1.29, 1.82) is 0 Å². The molecule has 0 bridgehead atoms. The number of anilines is 1. The van der Waals surface area contributed by atoms with Crippen LogP contribution in [0.15, 0.2) is 12.4 Å². The number of nitrogens with zero attached hydrogens (tertiary/aromatic N) is 3. The lowest BCUT2D eigenvalue weighted by atomic mass is 9.87. The molecule has 0 aliphatic carbocycles. The molecule has 0 aromatic carbocycles. The summed E-state index contributed by atoms with van der Waals surface area (Å²) in [5.74, 6) is 0.692. The molecule has 6 nitrogen and oxygen atoms in total. The summed E-state index contributed by atoms with van der Waals surface area (Å²) in [4.78, 5) is 37.9. The summed E-state index contributed by atoms with van der Waals surface area (Å²) in [5, 5.41) is 0. The SMILES string of the molecule is CC(C)(C)C(=O)c1c[nH]c2ncc(N3CCCCC3C=O)nc12. The molecule has 122 valence electrons. The highest BCUT2D eigenvalue weighted by Gasteiger charge is 2.28. The topological polar surface area (TPSA) is 79.0 Å². The minimum atomic E-state index is -0.483. The molecule has 0 saturated carbocycles. The number of aromatic amines is 1. The van der Waals surface area contributed by atoms with Crippen molar-refractivity contribution in [2.45, 2.75) is 46.1 Å². The zero-order chi connectivity index (χ0) is 16.6. The summed E-state index contributed by atoms with van der Waals surface area (Å²) in [7, 11) is 0. The molecule has 1 aliphatic rings. The van der Waals surface area contributed by atoms with Crippen molar-refractivity contribution >= 4 is 29.1 Å². The summed E-state index contributed by atoms with van der Waals surface area (Å²) in [6.07, 6.45) is 7.24. The van der Waals surface area contributed by atoms with Crippen LogP contribution in [-0.2, 0) is 4.79 Å². The highest BCUT2D eigenvalue weighted by molar-refractivity contribution is 6.08. The normalized spacial score (nSPS) is 19.1. The number of piperidine rings is 1. The summed E-state index contributed by atoms with van der Waals surface area (Å²) < 4.78 is 0. The van der Waals surface area contributed by atoms with Gasteiger partial charge < -0.3 is 14.7 Å². The Hall–Kier alpha value is -2.24. The van der Waals surface area contributed by atoms with Crippen molar-refractivity contribution in [3.8, 4) is 0 Å². The van der Waals surface area contributed by atoms with Crippen LogP contribution in [0.25, 0.3) is 11.2 Å². The van der Waals surface area contributed by atoms with E-state index < -0.39 is 5.41 Å². The van der Waals surface area contributed by atoms with Gasteiger partial charge in [-0.1, -0.05) is 20.8 Å². The molecule has 2 aromatic rings. The molecule has 23 heavy (non-hydrogen) atoms. The van der Waals surface area contributed by atoms with E-state index in [4.69, 9.17) is 0 Å². The third-order valence-electron chi connectivity index (χ3n) is 4.29. The van der Waals surface area contributed by atoms with Crippen LogP contribution in [0.5, 0.6) is 0 Å². The molecule has 2 aromatic heterocycles. The average molecular weight is 314 g/mol. The van der Waals surface area contributed by atoms with Gasteiger partial charge in [0.2, 0.25) is 0 Å². The maximum Gasteiger partial charge on any atom is 0.171 e. The number of aromatic nitrogens is 3. The third kappa shape index (κ3) is 2.85. The van der Waals surface area contributed by atoms with E-state index in [1.807, 2.05) is 25.7 Å². The van der Waals surface area contributed by atoms with Gasteiger partial charge in [0.05, 0.1) is 17.8 Å². The number of carbonyl (C=O) groups is 2. The van der Waals surface area contributed by atoms with Gasteiger partial charge in [0.25, 0.3) is 0 Å². The van der Waals surface area contributed by atoms with E-state index in [0.717, 1.165) is 32.1 Å². The average Bonchev–Trinajstić information content (AvgIpc) is 2.96. The van der Waals surface area contributed by atoms with Crippen molar-refractivity contribution < 1.29 is 9.59 Å². The molecule has 1 N–H and O–H groups in total. The second kappa shape index (κ2) is 5.76. The minimum Gasteiger partial charge on any atom is -0.346 e. The van der Waals surface area contributed by atoms with Gasteiger partial charge in [0, 0.05) is 18.2 Å². The summed E-state index contributed by atoms with van der Waals surface area (Å²) >= 11 is 0. The largest absolute Gasteiger partial charge is 0.346 e. The van der Waals surface area contributed by atoms with Crippen LogP contribution >= 0.6 is 0 Å². The van der Waals surface area contributed by atoms with Crippen molar-refractivity contribution in [2.75, 3.05) is 11.4 Å². The van der Waals surface area contributed by atoms with Gasteiger partial charge in [-0.3, -0.25) is 4.79 Å². The summed E-state index contributed by atoms with van der Waals surface area (Å²) in [5.41, 5.74) is 1.25. The molecule has 1 unspecified atom stereocenters. The zero-order valence-corrected chi connectivity index (χ0v) is 13.8.